The average molecular weight is 451 g/mol. The second-order valence-electron chi connectivity index (χ2n) is 6.17. The molecule has 3 rings (SSSR count). The highest BCUT2D eigenvalue weighted by Gasteiger charge is 2.15. The summed E-state index contributed by atoms with van der Waals surface area (Å²) >= 11 is 3.23. The summed E-state index contributed by atoms with van der Waals surface area (Å²) in [7, 11) is 0. The van der Waals surface area contributed by atoms with E-state index in [1.807, 2.05) is 0 Å². The standard InChI is InChI=1S/C20H17BrF2N2O3/c1-11-8-17(28-10-13-2-5-14(22)9-16(13)23)18(21)20(27)25(11)15-6-3-12(4-7-15)19(24)26/h2-9,19,26H,10,24H2,1H3. The molecule has 5 nitrogen and oxygen atoms in total. The highest BCUT2D eigenvalue weighted by atomic mass is 79.9. The van der Waals surface area contributed by atoms with Gasteiger partial charge in [0, 0.05) is 29.1 Å². The molecule has 28 heavy (non-hydrogen) atoms. The minimum atomic E-state index is -1.10. The van der Waals surface area contributed by atoms with E-state index >= 15 is 0 Å². The van der Waals surface area contributed by atoms with E-state index < -0.39 is 17.9 Å². The van der Waals surface area contributed by atoms with Gasteiger partial charge in [0.2, 0.25) is 0 Å². The van der Waals surface area contributed by atoms with Crippen LogP contribution in [0.4, 0.5) is 8.78 Å². The Morgan fingerprint density at radius 1 is 1.18 bits per heavy atom. The average Bonchev–Trinajstić information content (AvgIpc) is 2.65. The first-order valence-corrected chi connectivity index (χ1v) is 9.10. The van der Waals surface area contributed by atoms with Crippen LogP contribution in [0.25, 0.3) is 5.69 Å². The van der Waals surface area contributed by atoms with Gasteiger partial charge in [0.1, 0.15) is 34.7 Å². The lowest BCUT2D eigenvalue weighted by molar-refractivity contribution is 0.186. The lowest BCUT2D eigenvalue weighted by Gasteiger charge is -2.15. The molecule has 1 heterocycles. The third-order valence-electron chi connectivity index (χ3n) is 4.19. The molecule has 0 saturated heterocycles. The number of pyridine rings is 1. The summed E-state index contributed by atoms with van der Waals surface area (Å²) < 4.78 is 34.0. The van der Waals surface area contributed by atoms with E-state index in [9.17, 15) is 18.7 Å². The molecule has 0 radical (unpaired) electrons. The molecule has 1 atom stereocenters. The third kappa shape index (κ3) is 4.14. The van der Waals surface area contributed by atoms with Gasteiger partial charge in [-0.2, -0.15) is 0 Å². The van der Waals surface area contributed by atoms with Crippen molar-refractivity contribution in [2.24, 2.45) is 5.73 Å². The highest BCUT2D eigenvalue weighted by Crippen LogP contribution is 2.25. The normalized spacial score (nSPS) is 12.1. The number of aliphatic hydroxyl groups excluding tert-OH is 1. The Kier molecular flexibility index (Phi) is 5.93. The van der Waals surface area contributed by atoms with Crippen molar-refractivity contribution >= 4 is 15.9 Å². The summed E-state index contributed by atoms with van der Waals surface area (Å²) in [6, 6.07) is 11.4. The number of rotatable bonds is 5. The molecule has 0 fully saturated rings. The zero-order valence-electron chi connectivity index (χ0n) is 14.8. The van der Waals surface area contributed by atoms with Gasteiger partial charge in [0.05, 0.1) is 0 Å². The van der Waals surface area contributed by atoms with Gasteiger partial charge in [0.15, 0.2) is 0 Å². The van der Waals surface area contributed by atoms with Gasteiger partial charge in [-0.3, -0.25) is 9.36 Å². The largest absolute Gasteiger partial charge is 0.487 e. The van der Waals surface area contributed by atoms with E-state index in [0.717, 1.165) is 12.1 Å². The topological polar surface area (TPSA) is 77.5 Å². The van der Waals surface area contributed by atoms with Crippen molar-refractivity contribution in [1.82, 2.24) is 4.57 Å². The number of halogens is 3. The predicted octanol–water partition coefficient (Wildman–Crippen LogP) is 3.72. The van der Waals surface area contributed by atoms with Crippen LogP contribution in [0.5, 0.6) is 5.75 Å². The van der Waals surface area contributed by atoms with Gasteiger partial charge in [-0.1, -0.05) is 12.1 Å². The minimum Gasteiger partial charge on any atom is -0.487 e. The fourth-order valence-corrected chi connectivity index (χ4v) is 3.13. The van der Waals surface area contributed by atoms with Gasteiger partial charge in [-0.05, 0) is 52.7 Å². The second-order valence-corrected chi connectivity index (χ2v) is 6.96. The first-order valence-electron chi connectivity index (χ1n) is 8.31. The van der Waals surface area contributed by atoms with Crippen molar-refractivity contribution in [1.29, 1.82) is 0 Å². The number of nitrogens with zero attached hydrogens (tertiary/aromatic N) is 1. The molecule has 146 valence electrons. The lowest BCUT2D eigenvalue weighted by Crippen LogP contribution is -2.22. The van der Waals surface area contributed by atoms with E-state index in [-0.39, 0.29) is 28.0 Å². The summed E-state index contributed by atoms with van der Waals surface area (Å²) in [6.45, 7) is 1.57. The van der Waals surface area contributed by atoms with Gasteiger partial charge in [-0.15, -0.1) is 0 Å². The fraction of sp³-hybridized carbons (Fsp3) is 0.150. The van der Waals surface area contributed by atoms with Crippen LogP contribution < -0.4 is 16.0 Å². The first kappa shape index (κ1) is 20.2. The molecule has 1 aromatic heterocycles. The molecule has 0 aliphatic rings. The Morgan fingerprint density at radius 2 is 1.86 bits per heavy atom. The number of hydrogen-bond acceptors (Lipinski definition) is 4. The Bertz CT molecular complexity index is 1070. The predicted molar refractivity (Wildman–Crippen MR) is 104 cm³/mol. The van der Waals surface area contributed by atoms with Crippen molar-refractivity contribution in [3.8, 4) is 11.4 Å². The van der Waals surface area contributed by atoms with E-state index in [1.54, 1.807) is 37.3 Å². The van der Waals surface area contributed by atoms with Gasteiger partial charge < -0.3 is 15.6 Å². The molecule has 0 amide bonds. The summed E-state index contributed by atoms with van der Waals surface area (Å²) in [6.07, 6.45) is -1.10. The van der Waals surface area contributed by atoms with Crippen LogP contribution >= 0.6 is 15.9 Å². The Hall–Kier alpha value is -2.55. The molecule has 0 aliphatic carbocycles. The maximum absolute atomic E-state index is 13.8. The van der Waals surface area contributed by atoms with Crippen LogP contribution in [0.1, 0.15) is 23.0 Å². The lowest BCUT2D eigenvalue weighted by atomic mass is 10.1. The van der Waals surface area contributed by atoms with Crippen LogP contribution in [0.3, 0.4) is 0 Å². The number of aliphatic hydroxyl groups is 1. The minimum absolute atomic E-state index is 0.156. The molecular weight excluding hydrogens is 434 g/mol. The summed E-state index contributed by atoms with van der Waals surface area (Å²) in [5, 5.41) is 9.40. The molecular formula is C20H17BrF2N2O3. The van der Waals surface area contributed by atoms with Gasteiger partial charge in [0.25, 0.3) is 5.56 Å². The van der Waals surface area contributed by atoms with E-state index in [1.165, 1.54) is 10.6 Å². The third-order valence-corrected chi connectivity index (χ3v) is 4.92. The molecule has 3 aromatic rings. The van der Waals surface area contributed by atoms with Crippen LogP contribution in [0.2, 0.25) is 0 Å². The Morgan fingerprint density at radius 3 is 2.46 bits per heavy atom. The number of hydrogen-bond donors (Lipinski definition) is 2. The molecule has 0 aliphatic heterocycles. The molecule has 0 spiro atoms. The number of benzene rings is 2. The summed E-state index contributed by atoms with van der Waals surface area (Å²) in [5.74, 6) is -1.14. The number of aryl methyl sites for hydroxylation is 1. The molecule has 2 aromatic carbocycles. The molecule has 8 heteroatoms. The van der Waals surface area contributed by atoms with E-state index in [2.05, 4.69) is 15.9 Å². The monoisotopic (exact) mass is 450 g/mol. The van der Waals surface area contributed by atoms with Crippen molar-refractivity contribution in [2.45, 2.75) is 19.8 Å². The molecule has 0 saturated carbocycles. The summed E-state index contributed by atoms with van der Waals surface area (Å²) in [5.41, 5.74) is 6.93. The SMILES string of the molecule is Cc1cc(OCc2ccc(F)cc2F)c(Br)c(=O)n1-c1ccc(C(N)O)cc1. The van der Waals surface area contributed by atoms with Crippen LogP contribution in [-0.2, 0) is 6.61 Å². The van der Waals surface area contributed by atoms with Crippen molar-refractivity contribution < 1.29 is 18.6 Å². The van der Waals surface area contributed by atoms with Crippen molar-refractivity contribution in [3.05, 3.63) is 91.8 Å². The fourth-order valence-electron chi connectivity index (χ4n) is 2.72. The van der Waals surface area contributed by atoms with Crippen LogP contribution in [-0.4, -0.2) is 9.67 Å². The van der Waals surface area contributed by atoms with Crippen molar-refractivity contribution in [2.75, 3.05) is 0 Å². The van der Waals surface area contributed by atoms with Crippen LogP contribution in [0.15, 0.2) is 57.8 Å². The second kappa shape index (κ2) is 8.22. The summed E-state index contributed by atoms with van der Waals surface area (Å²) in [4.78, 5) is 12.8. The molecule has 0 bridgehead atoms. The Labute approximate surface area is 168 Å². The number of nitrogens with two attached hydrogens (primary N) is 1. The van der Waals surface area contributed by atoms with Gasteiger partial charge >= 0.3 is 0 Å². The quantitative estimate of drug-likeness (QED) is 0.580. The molecule has 1 unspecified atom stereocenters. The van der Waals surface area contributed by atoms with E-state index in [4.69, 9.17) is 10.5 Å². The highest BCUT2D eigenvalue weighted by molar-refractivity contribution is 9.10. The maximum Gasteiger partial charge on any atom is 0.273 e. The number of aromatic nitrogens is 1. The Balaban J connectivity index is 1.90. The zero-order valence-corrected chi connectivity index (χ0v) is 16.4. The zero-order chi connectivity index (χ0) is 20.4. The number of ether oxygens (including phenoxy) is 1. The van der Waals surface area contributed by atoms with Crippen LogP contribution in [0, 0.1) is 18.6 Å². The van der Waals surface area contributed by atoms with Crippen molar-refractivity contribution in [3.63, 3.8) is 0 Å². The molecule has 3 N–H and O–H groups in total. The maximum atomic E-state index is 13.8. The van der Waals surface area contributed by atoms with E-state index in [0.29, 0.717) is 16.9 Å². The first-order chi connectivity index (χ1) is 13.3. The smallest absolute Gasteiger partial charge is 0.273 e. The van der Waals surface area contributed by atoms with Gasteiger partial charge in [-0.25, -0.2) is 8.78 Å².